The summed E-state index contributed by atoms with van der Waals surface area (Å²) in [5.41, 5.74) is 6.55. The zero-order valence-corrected chi connectivity index (χ0v) is 12.8. The third kappa shape index (κ3) is 3.15. The molecule has 1 amide bonds. The number of nitrogens with zero attached hydrogens (tertiary/aromatic N) is 1. The van der Waals surface area contributed by atoms with E-state index in [4.69, 9.17) is 10.5 Å². The van der Waals surface area contributed by atoms with Crippen molar-refractivity contribution in [3.8, 4) is 0 Å². The lowest BCUT2D eigenvalue weighted by Crippen LogP contribution is -2.58. The highest BCUT2D eigenvalue weighted by Crippen LogP contribution is 2.30. The molecule has 0 radical (unpaired) electrons. The lowest BCUT2D eigenvalue weighted by Gasteiger charge is -2.40. The van der Waals surface area contributed by atoms with Crippen LogP contribution in [0.25, 0.3) is 0 Å². The third-order valence-electron chi connectivity index (χ3n) is 4.77. The van der Waals surface area contributed by atoms with E-state index < -0.39 is 5.54 Å². The smallest absolute Gasteiger partial charge is 0.242 e. The van der Waals surface area contributed by atoms with Crippen LogP contribution >= 0.6 is 0 Å². The summed E-state index contributed by atoms with van der Waals surface area (Å²) in [4.78, 5) is 14.6. The molecule has 3 rings (SSSR count). The topological polar surface area (TPSA) is 55.6 Å². The molecule has 0 aromatic heterocycles. The van der Waals surface area contributed by atoms with Crippen LogP contribution < -0.4 is 5.73 Å². The average molecular weight is 306 g/mol. The first-order chi connectivity index (χ1) is 10.6. The number of ether oxygens (including phenoxy) is 1. The van der Waals surface area contributed by atoms with Crippen LogP contribution in [0, 0.1) is 5.82 Å². The van der Waals surface area contributed by atoms with Crippen LogP contribution in [0.3, 0.4) is 0 Å². The standard InChI is InChI=1S/C17H23FN2O2/c18-14-6-4-13(5-7-14)15-12-20(10-11-22-15)16(21)17(19)8-2-1-3-9-17/h4-7,15H,1-3,8-12,19H2. The number of carbonyl (C=O) groups excluding carboxylic acids is 1. The highest BCUT2D eigenvalue weighted by atomic mass is 19.1. The number of morpholine rings is 1. The number of halogens is 1. The summed E-state index contributed by atoms with van der Waals surface area (Å²) < 4.78 is 18.8. The Hall–Kier alpha value is -1.46. The molecule has 2 fully saturated rings. The third-order valence-corrected chi connectivity index (χ3v) is 4.77. The summed E-state index contributed by atoms with van der Waals surface area (Å²) in [5.74, 6) is -0.224. The van der Waals surface area contributed by atoms with Crippen molar-refractivity contribution < 1.29 is 13.9 Å². The van der Waals surface area contributed by atoms with Gasteiger partial charge in [0.25, 0.3) is 0 Å². The minimum Gasteiger partial charge on any atom is -0.370 e. The van der Waals surface area contributed by atoms with Crippen molar-refractivity contribution in [2.24, 2.45) is 5.73 Å². The first-order valence-electron chi connectivity index (χ1n) is 8.04. The van der Waals surface area contributed by atoms with Gasteiger partial charge in [-0.1, -0.05) is 31.4 Å². The highest BCUT2D eigenvalue weighted by molar-refractivity contribution is 5.86. The van der Waals surface area contributed by atoms with Crippen LogP contribution in [-0.2, 0) is 9.53 Å². The fourth-order valence-electron chi connectivity index (χ4n) is 3.42. The molecule has 1 aliphatic heterocycles. The van der Waals surface area contributed by atoms with E-state index >= 15 is 0 Å². The zero-order chi connectivity index (χ0) is 15.6. The van der Waals surface area contributed by atoms with E-state index in [0.29, 0.717) is 19.7 Å². The molecule has 1 heterocycles. The molecule has 2 aliphatic rings. The molecule has 1 atom stereocenters. The van der Waals surface area contributed by atoms with Crippen molar-refractivity contribution in [3.63, 3.8) is 0 Å². The Labute approximate surface area is 130 Å². The van der Waals surface area contributed by atoms with Gasteiger partial charge in [0.15, 0.2) is 0 Å². The Balaban J connectivity index is 1.69. The van der Waals surface area contributed by atoms with Crippen LogP contribution in [0.4, 0.5) is 4.39 Å². The Morgan fingerprint density at radius 3 is 2.59 bits per heavy atom. The van der Waals surface area contributed by atoms with E-state index in [-0.39, 0.29) is 17.8 Å². The van der Waals surface area contributed by atoms with Gasteiger partial charge in [0, 0.05) is 6.54 Å². The molecule has 0 spiro atoms. The number of hydrogen-bond acceptors (Lipinski definition) is 3. The SMILES string of the molecule is NC1(C(=O)N2CCOC(c3ccc(F)cc3)C2)CCCCC1. The van der Waals surface area contributed by atoms with E-state index in [9.17, 15) is 9.18 Å². The van der Waals surface area contributed by atoms with Crippen molar-refractivity contribution >= 4 is 5.91 Å². The maximum absolute atomic E-state index is 13.0. The van der Waals surface area contributed by atoms with Gasteiger partial charge in [-0.2, -0.15) is 0 Å². The van der Waals surface area contributed by atoms with Crippen LogP contribution in [0.1, 0.15) is 43.8 Å². The molecule has 1 saturated heterocycles. The van der Waals surface area contributed by atoms with Crippen LogP contribution in [-0.4, -0.2) is 36.0 Å². The van der Waals surface area contributed by atoms with Crippen LogP contribution in [0.15, 0.2) is 24.3 Å². The molecule has 2 N–H and O–H groups in total. The Kier molecular flexibility index (Phi) is 4.45. The molecule has 1 unspecified atom stereocenters. The molecule has 4 nitrogen and oxygen atoms in total. The van der Waals surface area contributed by atoms with Gasteiger partial charge in [0.1, 0.15) is 11.9 Å². The molecule has 0 bridgehead atoms. The molecule has 22 heavy (non-hydrogen) atoms. The maximum atomic E-state index is 13.0. The second kappa shape index (κ2) is 6.34. The van der Waals surface area contributed by atoms with Gasteiger partial charge in [-0.25, -0.2) is 4.39 Å². The van der Waals surface area contributed by atoms with Crippen molar-refractivity contribution in [3.05, 3.63) is 35.6 Å². The van der Waals surface area contributed by atoms with Gasteiger partial charge in [-0.05, 0) is 30.5 Å². The lowest BCUT2D eigenvalue weighted by molar-refractivity contribution is -0.146. The largest absolute Gasteiger partial charge is 0.370 e. The second-order valence-electron chi connectivity index (χ2n) is 6.38. The minimum atomic E-state index is -0.705. The first-order valence-corrected chi connectivity index (χ1v) is 8.04. The molecular weight excluding hydrogens is 283 g/mol. The van der Waals surface area contributed by atoms with Gasteiger partial charge in [0.2, 0.25) is 5.91 Å². The van der Waals surface area contributed by atoms with E-state index in [1.165, 1.54) is 12.1 Å². The van der Waals surface area contributed by atoms with Crippen LogP contribution in [0.2, 0.25) is 0 Å². The summed E-state index contributed by atoms with van der Waals surface area (Å²) in [5, 5.41) is 0. The van der Waals surface area contributed by atoms with E-state index in [2.05, 4.69) is 0 Å². The molecule has 1 aliphatic carbocycles. The van der Waals surface area contributed by atoms with E-state index in [0.717, 1.165) is 37.7 Å². The van der Waals surface area contributed by atoms with Crippen molar-refractivity contribution in [1.29, 1.82) is 0 Å². The van der Waals surface area contributed by atoms with Gasteiger partial charge in [-0.15, -0.1) is 0 Å². The van der Waals surface area contributed by atoms with Gasteiger partial charge < -0.3 is 15.4 Å². The molecule has 1 aromatic rings. The first kappa shape index (κ1) is 15.4. The van der Waals surface area contributed by atoms with Crippen LogP contribution in [0.5, 0.6) is 0 Å². The quantitative estimate of drug-likeness (QED) is 0.913. The van der Waals surface area contributed by atoms with Gasteiger partial charge in [-0.3, -0.25) is 4.79 Å². The van der Waals surface area contributed by atoms with Crippen molar-refractivity contribution in [2.75, 3.05) is 19.7 Å². The van der Waals surface area contributed by atoms with Gasteiger partial charge in [0.05, 0.1) is 18.7 Å². The average Bonchev–Trinajstić information content (AvgIpc) is 2.56. The highest BCUT2D eigenvalue weighted by Gasteiger charge is 2.40. The summed E-state index contributed by atoms with van der Waals surface area (Å²) in [6.45, 7) is 1.56. The van der Waals surface area contributed by atoms with E-state index in [1.807, 2.05) is 4.90 Å². The number of amides is 1. The summed E-state index contributed by atoms with van der Waals surface area (Å²) >= 11 is 0. The Morgan fingerprint density at radius 1 is 1.23 bits per heavy atom. The number of rotatable bonds is 2. The summed E-state index contributed by atoms with van der Waals surface area (Å²) in [6.07, 6.45) is 4.54. The molecule has 120 valence electrons. The zero-order valence-electron chi connectivity index (χ0n) is 12.8. The van der Waals surface area contributed by atoms with Crippen molar-refractivity contribution in [1.82, 2.24) is 4.90 Å². The molecule has 5 heteroatoms. The molecule has 1 aromatic carbocycles. The maximum Gasteiger partial charge on any atom is 0.242 e. The molecular formula is C17H23FN2O2. The number of hydrogen-bond donors (Lipinski definition) is 1. The fraction of sp³-hybridized carbons (Fsp3) is 0.588. The monoisotopic (exact) mass is 306 g/mol. The second-order valence-corrected chi connectivity index (χ2v) is 6.38. The summed E-state index contributed by atoms with van der Waals surface area (Å²) in [6, 6.07) is 6.27. The molecule has 1 saturated carbocycles. The predicted molar refractivity (Wildman–Crippen MR) is 81.7 cm³/mol. The van der Waals surface area contributed by atoms with Gasteiger partial charge >= 0.3 is 0 Å². The lowest BCUT2D eigenvalue weighted by atomic mass is 9.81. The Bertz CT molecular complexity index is 526. The van der Waals surface area contributed by atoms with E-state index in [1.54, 1.807) is 12.1 Å². The minimum absolute atomic E-state index is 0.0441. The number of benzene rings is 1. The summed E-state index contributed by atoms with van der Waals surface area (Å²) in [7, 11) is 0. The number of carbonyl (C=O) groups is 1. The Morgan fingerprint density at radius 2 is 1.91 bits per heavy atom. The van der Waals surface area contributed by atoms with Crippen molar-refractivity contribution in [2.45, 2.75) is 43.7 Å². The fourth-order valence-corrected chi connectivity index (χ4v) is 3.42. The predicted octanol–water partition coefficient (Wildman–Crippen LogP) is 2.39. The normalized spacial score (nSPS) is 25.0. The number of nitrogens with two attached hydrogens (primary N) is 1.